The molecule has 0 atom stereocenters. The standard InChI is InChI=1S/C22H26N2O6S/c1-17-8-9-19(14-20(17)31(27,28)24-10-12-29-13-11-24)22(26)30-16-21(25)23(2)15-18-6-4-3-5-7-18/h3-9,14H,10-13,15-16H2,1-2H3. The molecular formula is C22H26N2O6S. The van der Waals surface area contributed by atoms with Gasteiger partial charge in [-0.05, 0) is 30.2 Å². The highest BCUT2D eigenvalue weighted by Gasteiger charge is 2.28. The number of esters is 1. The topological polar surface area (TPSA) is 93.2 Å². The van der Waals surface area contributed by atoms with Crippen LogP contribution in [-0.2, 0) is 30.8 Å². The molecule has 0 saturated carbocycles. The van der Waals surface area contributed by atoms with Crippen LogP contribution in [0.25, 0.3) is 0 Å². The zero-order valence-electron chi connectivity index (χ0n) is 17.6. The molecule has 1 amide bonds. The predicted octanol–water partition coefficient (Wildman–Crippen LogP) is 1.83. The molecule has 1 saturated heterocycles. The molecule has 0 unspecified atom stereocenters. The first-order valence-corrected chi connectivity index (χ1v) is 11.4. The summed E-state index contributed by atoms with van der Waals surface area (Å²) in [6, 6.07) is 13.8. The monoisotopic (exact) mass is 446 g/mol. The Hall–Kier alpha value is -2.75. The SMILES string of the molecule is Cc1ccc(C(=O)OCC(=O)N(C)Cc2ccccc2)cc1S(=O)(=O)N1CCOCC1. The quantitative estimate of drug-likeness (QED) is 0.603. The van der Waals surface area contributed by atoms with E-state index in [0.29, 0.717) is 25.3 Å². The molecule has 1 aliphatic rings. The average molecular weight is 447 g/mol. The normalized spacial score (nSPS) is 14.8. The van der Waals surface area contributed by atoms with Crippen molar-refractivity contribution in [2.75, 3.05) is 40.0 Å². The molecule has 1 heterocycles. The number of benzene rings is 2. The van der Waals surface area contributed by atoms with Crippen molar-refractivity contribution in [1.82, 2.24) is 9.21 Å². The van der Waals surface area contributed by atoms with Gasteiger partial charge >= 0.3 is 5.97 Å². The lowest BCUT2D eigenvalue weighted by Gasteiger charge is -2.26. The van der Waals surface area contributed by atoms with Gasteiger partial charge in [-0.3, -0.25) is 4.79 Å². The van der Waals surface area contributed by atoms with Gasteiger partial charge in [-0.2, -0.15) is 4.31 Å². The summed E-state index contributed by atoms with van der Waals surface area (Å²) >= 11 is 0. The number of ether oxygens (including phenoxy) is 2. The first-order chi connectivity index (χ1) is 14.8. The first kappa shape index (κ1) is 22.9. The fourth-order valence-corrected chi connectivity index (χ4v) is 4.86. The van der Waals surface area contributed by atoms with Crippen LogP contribution in [-0.4, -0.2) is 69.5 Å². The van der Waals surface area contributed by atoms with Crippen molar-refractivity contribution in [2.45, 2.75) is 18.4 Å². The van der Waals surface area contributed by atoms with E-state index in [9.17, 15) is 18.0 Å². The van der Waals surface area contributed by atoms with Gasteiger partial charge in [0.05, 0.1) is 23.7 Å². The number of aryl methyl sites for hydroxylation is 1. The molecular weight excluding hydrogens is 420 g/mol. The van der Waals surface area contributed by atoms with Crippen molar-refractivity contribution >= 4 is 21.9 Å². The second-order valence-corrected chi connectivity index (χ2v) is 9.21. The van der Waals surface area contributed by atoms with E-state index >= 15 is 0 Å². The number of carbonyl (C=O) groups is 2. The number of carbonyl (C=O) groups excluding carboxylic acids is 2. The van der Waals surface area contributed by atoms with E-state index in [-0.39, 0.29) is 29.5 Å². The summed E-state index contributed by atoms with van der Waals surface area (Å²) in [4.78, 5) is 26.3. The first-order valence-electron chi connectivity index (χ1n) is 9.92. The Morgan fingerprint density at radius 2 is 1.77 bits per heavy atom. The molecule has 0 aliphatic carbocycles. The molecule has 0 spiro atoms. The van der Waals surface area contributed by atoms with E-state index in [4.69, 9.17) is 9.47 Å². The van der Waals surface area contributed by atoms with E-state index in [1.807, 2.05) is 30.3 Å². The van der Waals surface area contributed by atoms with E-state index in [1.165, 1.54) is 21.3 Å². The smallest absolute Gasteiger partial charge is 0.338 e. The molecule has 2 aromatic carbocycles. The summed E-state index contributed by atoms with van der Waals surface area (Å²) in [5.41, 5.74) is 1.57. The maximum atomic E-state index is 13.0. The Labute approximate surface area is 182 Å². The molecule has 2 aromatic rings. The lowest BCUT2D eigenvalue weighted by atomic mass is 10.1. The average Bonchev–Trinajstić information content (AvgIpc) is 2.78. The number of rotatable bonds is 7. The highest BCUT2D eigenvalue weighted by atomic mass is 32.2. The number of likely N-dealkylation sites (N-methyl/N-ethyl adjacent to an activating group) is 1. The summed E-state index contributed by atoms with van der Waals surface area (Å²) in [6.45, 7) is 2.82. The summed E-state index contributed by atoms with van der Waals surface area (Å²) < 4.78 is 37.6. The third-order valence-corrected chi connectivity index (χ3v) is 7.07. The van der Waals surface area contributed by atoms with Crippen LogP contribution in [0.2, 0.25) is 0 Å². The van der Waals surface area contributed by atoms with Crippen LogP contribution in [0.3, 0.4) is 0 Å². The summed E-state index contributed by atoms with van der Waals surface area (Å²) in [5, 5.41) is 0. The second-order valence-electron chi connectivity index (χ2n) is 7.31. The molecule has 3 rings (SSSR count). The minimum Gasteiger partial charge on any atom is -0.452 e. The molecule has 1 aliphatic heterocycles. The van der Waals surface area contributed by atoms with Gasteiger partial charge in [0.15, 0.2) is 6.61 Å². The largest absolute Gasteiger partial charge is 0.452 e. The second kappa shape index (κ2) is 10.0. The van der Waals surface area contributed by atoms with Crippen molar-refractivity contribution in [3.8, 4) is 0 Å². The summed E-state index contributed by atoms with van der Waals surface area (Å²) in [6.07, 6.45) is 0. The zero-order chi connectivity index (χ0) is 22.4. The maximum Gasteiger partial charge on any atom is 0.338 e. The van der Waals surface area contributed by atoms with Crippen molar-refractivity contribution in [3.05, 3.63) is 65.2 Å². The number of hydrogen-bond donors (Lipinski definition) is 0. The Bertz CT molecular complexity index is 1030. The van der Waals surface area contributed by atoms with E-state index in [1.54, 1.807) is 20.0 Å². The minimum atomic E-state index is -3.76. The van der Waals surface area contributed by atoms with Gasteiger partial charge < -0.3 is 14.4 Å². The number of sulfonamides is 1. The van der Waals surface area contributed by atoms with E-state index < -0.39 is 22.6 Å². The number of amides is 1. The number of hydrogen-bond acceptors (Lipinski definition) is 6. The van der Waals surface area contributed by atoms with Crippen molar-refractivity contribution in [3.63, 3.8) is 0 Å². The number of morpholine rings is 1. The molecule has 0 aromatic heterocycles. The highest BCUT2D eigenvalue weighted by Crippen LogP contribution is 2.22. The molecule has 0 N–H and O–H groups in total. The van der Waals surface area contributed by atoms with Crippen LogP contribution in [0, 0.1) is 6.92 Å². The van der Waals surface area contributed by atoms with Crippen LogP contribution < -0.4 is 0 Å². The van der Waals surface area contributed by atoms with Crippen LogP contribution in [0.4, 0.5) is 0 Å². The van der Waals surface area contributed by atoms with E-state index in [2.05, 4.69) is 0 Å². The summed E-state index contributed by atoms with van der Waals surface area (Å²) in [7, 11) is -2.13. The maximum absolute atomic E-state index is 13.0. The lowest BCUT2D eigenvalue weighted by Crippen LogP contribution is -2.40. The minimum absolute atomic E-state index is 0.0522. The van der Waals surface area contributed by atoms with E-state index in [0.717, 1.165) is 5.56 Å². The Balaban J connectivity index is 1.65. The Kier molecular flexibility index (Phi) is 7.42. The van der Waals surface area contributed by atoms with Crippen LogP contribution >= 0.6 is 0 Å². The predicted molar refractivity (Wildman–Crippen MR) is 114 cm³/mol. The third-order valence-electron chi connectivity index (χ3n) is 5.03. The third kappa shape index (κ3) is 5.69. The van der Waals surface area contributed by atoms with Crippen molar-refractivity contribution < 1.29 is 27.5 Å². The van der Waals surface area contributed by atoms with Crippen LogP contribution in [0.5, 0.6) is 0 Å². The lowest BCUT2D eigenvalue weighted by molar-refractivity contribution is -0.133. The van der Waals surface area contributed by atoms with Crippen molar-refractivity contribution in [1.29, 1.82) is 0 Å². The van der Waals surface area contributed by atoms with Gasteiger partial charge in [-0.15, -0.1) is 0 Å². The number of nitrogens with zero attached hydrogens (tertiary/aromatic N) is 2. The zero-order valence-corrected chi connectivity index (χ0v) is 18.4. The molecule has 166 valence electrons. The molecule has 9 heteroatoms. The van der Waals surface area contributed by atoms with Gasteiger partial charge in [0, 0.05) is 26.7 Å². The molecule has 0 bridgehead atoms. The Morgan fingerprint density at radius 1 is 1.10 bits per heavy atom. The van der Waals surface area contributed by atoms with Gasteiger partial charge in [0.1, 0.15) is 0 Å². The fourth-order valence-electron chi connectivity index (χ4n) is 3.20. The van der Waals surface area contributed by atoms with Crippen LogP contribution in [0.1, 0.15) is 21.5 Å². The summed E-state index contributed by atoms with van der Waals surface area (Å²) in [5.74, 6) is -1.11. The van der Waals surface area contributed by atoms with Gasteiger partial charge in [0.2, 0.25) is 10.0 Å². The van der Waals surface area contributed by atoms with Gasteiger partial charge in [0.25, 0.3) is 5.91 Å². The Morgan fingerprint density at radius 3 is 2.45 bits per heavy atom. The highest BCUT2D eigenvalue weighted by molar-refractivity contribution is 7.89. The fraction of sp³-hybridized carbons (Fsp3) is 0.364. The molecule has 0 radical (unpaired) electrons. The van der Waals surface area contributed by atoms with Crippen LogP contribution in [0.15, 0.2) is 53.4 Å². The van der Waals surface area contributed by atoms with Crippen molar-refractivity contribution in [2.24, 2.45) is 0 Å². The molecule has 1 fully saturated rings. The molecule has 8 nitrogen and oxygen atoms in total. The van der Waals surface area contributed by atoms with Gasteiger partial charge in [-0.1, -0.05) is 36.4 Å². The van der Waals surface area contributed by atoms with Gasteiger partial charge in [-0.25, -0.2) is 13.2 Å². The molecule has 31 heavy (non-hydrogen) atoms.